The van der Waals surface area contributed by atoms with Crippen LogP contribution in [-0.4, -0.2) is 46.8 Å². The minimum absolute atomic E-state index is 0.0530. The normalized spacial score (nSPS) is 11.8. The molecule has 0 spiro atoms. The molecule has 1 rings (SSSR count). The maximum atomic E-state index is 11.9. The highest BCUT2D eigenvalue weighted by atomic mass is 35.5. The monoisotopic (exact) mass is 286 g/mol. The Kier molecular flexibility index (Phi) is 5.14. The first kappa shape index (κ1) is 15.3. The molecule has 0 saturated heterocycles. The van der Waals surface area contributed by atoms with Gasteiger partial charge in [-0.05, 0) is 25.1 Å². The second kappa shape index (κ2) is 6.40. The van der Waals surface area contributed by atoms with Gasteiger partial charge in [-0.1, -0.05) is 11.6 Å². The molecule has 1 atom stereocenters. The molecule has 7 heteroatoms. The van der Waals surface area contributed by atoms with Gasteiger partial charge in [-0.15, -0.1) is 0 Å². The predicted octanol–water partition coefficient (Wildman–Crippen LogP) is 1.88. The molecule has 1 aromatic carbocycles. The third-order valence-electron chi connectivity index (χ3n) is 2.70. The molecule has 0 fully saturated rings. The lowest BCUT2D eigenvalue weighted by Crippen LogP contribution is -2.40. The second-order valence-corrected chi connectivity index (χ2v) is 4.50. The van der Waals surface area contributed by atoms with E-state index in [4.69, 9.17) is 21.8 Å². The second-order valence-electron chi connectivity index (χ2n) is 4.07. The van der Waals surface area contributed by atoms with Crippen molar-refractivity contribution in [2.75, 3.05) is 19.0 Å². The summed E-state index contributed by atoms with van der Waals surface area (Å²) in [5.74, 6) is -1.16. The molecule has 0 radical (unpaired) electrons. The van der Waals surface area contributed by atoms with Crippen molar-refractivity contribution in [3.63, 3.8) is 0 Å². The molecular formula is C12H15ClN2O4. The van der Waals surface area contributed by atoms with Crippen LogP contribution < -0.4 is 5.32 Å². The van der Waals surface area contributed by atoms with E-state index in [1.807, 2.05) is 0 Å². The molecule has 0 heterocycles. The van der Waals surface area contributed by atoms with Crippen LogP contribution in [0.1, 0.15) is 17.3 Å². The SMILES string of the molecule is CC(CO)N(C)C(=O)Nc1cc(Cl)ccc1C(=O)O. The van der Waals surface area contributed by atoms with Crippen molar-refractivity contribution in [3.05, 3.63) is 28.8 Å². The highest BCUT2D eigenvalue weighted by Gasteiger charge is 2.18. The number of carbonyl (C=O) groups is 2. The van der Waals surface area contributed by atoms with Crippen molar-refractivity contribution in [1.29, 1.82) is 0 Å². The number of likely N-dealkylation sites (N-methyl/N-ethyl adjacent to an activating group) is 1. The lowest BCUT2D eigenvalue weighted by molar-refractivity contribution is 0.0698. The number of carboxylic acid groups (broad SMARTS) is 1. The van der Waals surface area contributed by atoms with Crippen molar-refractivity contribution >= 4 is 29.3 Å². The van der Waals surface area contributed by atoms with Crippen molar-refractivity contribution < 1.29 is 19.8 Å². The number of anilines is 1. The van der Waals surface area contributed by atoms with Gasteiger partial charge in [-0.2, -0.15) is 0 Å². The summed E-state index contributed by atoms with van der Waals surface area (Å²) in [6.45, 7) is 1.47. The number of urea groups is 1. The van der Waals surface area contributed by atoms with Gasteiger partial charge in [0.05, 0.1) is 23.9 Å². The van der Waals surface area contributed by atoms with Gasteiger partial charge >= 0.3 is 12.0 Å². The maximum absolute atomic E-state index is 11.9. The molecule has 0 aliphatic rings. The maximum Gasteiger partial charge on any atom is 0.337 e. The lowest BCUT2D eigenvalue weighted by atomic mass is 10.2. The number of carbonyl (C=O) groups excluding carboxylic acids is 1. The van der Waals surface area contributed by atoms with Crippen molar-refractivity contribution in [2.24, 2.45) is 0 Å². The number of aliphatic hydroxyl groups is 1. The number of hydrogen-bond acceptors (Lipinski definition) is 3. The number of aromatic carboxylic acids is 1. The van der Waals surface area contributed by atoms with Crippen LogP contribution in [0.25, 0.3) is 0 Å². The Morgan fingerprint density at radius 2 is 2.11 bits per heavy atom. The molecule has 0 bridgehead atoms. The highest BCUT2D eigenvalue weighted by Crippen LogP contribution is 2.21. The molecular weight excluding hydrogens is 272 g/mol. The molecule has 19 heavy (non-hydrogen) atoms. The van der Waals surface area contributed by atoms with Gasteiger partial charge in [0.1, 0.15) is 0 Å². The van der Waals surface area contributed by atoms with Gasteiger partial charge in [-0.3, -0.25) is 0 Å². The quantitative estimate of drug-likeness (QED) is 0.788. The Hall–Kier alpha value is -1.79. The van der Waals surface area contributed by atoms with E-state index in [2.05, 4.69) is 5.32 Å². The smallest absolute Gasteiger partial charge is 0.337 e. The standard InChI is InChI=1S/C12H15ClN2O4/c1-7(6-16)15(2)12(19)14-10-5-8(13)3-4-9(10)11(17)18/h3-5,7,16H,6H2,1-2H3,(H,14,19)(H,17,18). The Labute approximate surface area is 115 Å². The van der Waals surface area contributed by atoms with E-state index in [0.29, 0.717) is 5.02 Å². The first-order valence-electron chi connectivity index (χ1n) is 5.54. The molecule has 0 aliphatic heterocycles. The number of benzene rings is 1. The van der Waals surface area contributed by atoms with E-state index in [-0.39, 0.29) is 23.9 Å². The molecule has 1 unspecified atom stereocenters. The minimum atomic E-state index is -1.16. The first-order chi connectivity index (χ1) is 8.86. The summed E-state index contributed by atoms with van der Waals surface area (Å²) < 4.78 is 0. The topological polar surface area (TPSA) is 89.9 Å². The van der Waals surface area contributed by atoms with Crippen molar-refractivity contribution in [1.82, 2.24) is 4.90 Å². The first-order valence-corrected chi connectivity index (χ1v) is 5.92. The fraction of sp³-hybridized carbons (Fsp3) is 0.333. The molecule has 2 amide bonds. The van der Waals surface area contributed by atoms with Crippen LogP contribution in [0, 0.1) is 0 Å². The Bertz CT molecular complexity index is 493. The van der Waals surface area contributed by atoms with Gasteiger partial charge in [0.25, 0.3) is 0 Å². The van der Waals surface area contributed by atoms with Gasteiger partial charge in [0, 0.05) is 12.1 Å². The number of nitrogens with zero attached hydrogens (tertiary/aromatic N) is 1. The van der Waals surface area contributed by atoms with Crippen LogP contribution in [-0.2, 0) is 0 Å². The van der Waals surface area contributed by atoms with Crippen LogP contribution in [0.4, 0.5) is 10.5 Å². The number of halogens is 1. The van der Waals surface area contributed by atoms with Crippen molar-refractivity contribution in [3.8, 4) is 0 Å². The van der Waals surface area contributed by atoms with Crippen LogP contribution in [0.2, 0.25) is 5.02 Å². The van der Waals surface area contributed by atoms with Crippen LogP contribution >= 0.6 is 11.6 Å². The minimum Gasteiger partial charge on any atom is -0.478 e. The molecule has 1 aromatic rings. The highest BCUT2D eigenvalue weighted by molar-refractivity contribution is 6.31. The van der Waals surface area contributed by atoms with Gasteiger partial charge < -0.3 is 20.4 Å². The Morgan fingerprint density at radius 1 is 1.47 bits per heavy atom. The van der Waals surface area contributed by atoms with E-state index in [1.54, 1.807) is 6.92 Å². The summed E-state index contributed by atoms with van der Waals surface area (Å²) in [6, 6.07) is 3.20. The summed E-state index contributed by atoms with van der Waals surface area (Å²) in [4.78, 5) is 24.2. The average Bonchev–Trinajstić information content (AvgIpc) is 2.36. The number of nitrogens with one attached hydrogen (secondary N) is 1. The number of hydrogen-bond donors (Lipinski definition) is 3. The van der Waals surface area contributed by atoms with Gasteiger partial charge in [0.15, 0.2) is 0 Å². The summed E-state index contributed by atoms with van der Waals surface area (Å²) >= 11 is 5.78. The number of aliphatic hydroxyl groups excluding tert-OH is 1. The van der Waals surface area contributed by atoms with E-state index in [1.165, 1.54) is 30.1 Å². The van der Waals surface area contributed by atoms with Gasteiger partial charge in [-0.25, -0.2) is 9.59 Å². The van der Waals surface area contributed by atoms with E-state index in [9.17, 15) is 9.59 Å². The average molecular weight is 287 g/mol. The summed E-state index contributed by atoms with van der Waals surface area (Å²) in [7, 11) is 1.50. The van der Waals surface area contributed by atoms with E-state index < -0.39 is 12.0 Å². The summed E-state index contributed by atoms with van der Waals surface area (Å²) in [6.07, 6.45) is 0. The third kappa shape index (κ3) is 3.84. The predicted molar refractivity (Wildman–Crippen MR) is 71.7 cm³/mol. The Balaban J connectivity index is 2.95. The third-order valence-corrected chi connectivity index (χ3v) is 2.93. The van der Waals surface area contributed by atoms with Gasteiger partial charge in [0.2, 0.25) is 0 Å². The molecule has 3 N–H and O–H groups in total. The largest absolute Gasteiger partial charge is 0.478 e. The number of amides is 2. The molecule has 6 nitrogen and oxygen atoms in total. The van der Waals surface area contributed by atoms with E-state index >= 15 is 0 Å². The zero-order valence-electron chi connectivity index (χ0n) is 10.6. The molecule has 0 saturated carbocycles. The molecule has 0 aliphatic carbocycles. The summed E-state index contributed by atoms with van der Waals surface area (Å²) in [5.41, 5.74) is 0.0600. The van der Waals surface area contributed by atoms with Crippen LogP contribution in [0.15, 0.2) is 18.2 Å². The molecule has 104 valence electrons. The van der Waals surface area contributed by atoms with Crippen LogP contribution in [0.3, 0.4) is 0 Å². The van der Waals surface area contributed by atoms with Crippen LogP contribution in [0.5, 0.6) is 0 Å². The number of rotatable bonds is 4. The fourth-order valence-corrected chi connectivity index (χ4v) is 1.50. The number of carboxylic acids is 1. The Morgan fingerprint density at radius 3 is 2.63 bits per heavy atom. The van der Waals surface area contributed by atoms with Crippen molar-refractivity contribution in [2.45, 2.75) is 13.0 Å². The van der Waals surface area contributed by atoms with E-state index in [0.717, 1.165) is 0 Å². The zero-order valence-corrected chi connectivity index (χ0v) is 11.3. The summed E-state index contributed by atoms with van der Waals surface area (Å²) in [5, 5.41) is 20.8. The zero-order chi connectivity index (χ0) is 14.6. The molecule has 0 aromatic heterocycles. The lowest BCUT2D eigenvalue weighted by Gasteiger charge is -2.23. The fourth-order valence-electron chi connectivity index (χ4n) is 1.33.